The van der Waals surface area contributed by atoms with Crippen molar-refractivity contribution >= 4 is 29.3 Å². The first-order valence-corrected chi connectivity index (χ1v) is 9.35. The van der Waals surface area contributed by atoms with Crippen LogP contribution in [0, 0.1) is 5.82 Å². The molecule has 3 atom stereocenters. The first-order valence-electron chi connectivity index (χ1n) is 9.35. The van der Waals surface area contributed by atoms with Gasteiger partial charge in [-0.15, -0.1) is 0 Å². The summed E-state index contributed by atoms with van der Waals surface area (Å²) in [5, 5.41) is 2.88. The number of aromatic nitrogens is 2. The van der Waals surface area contributed by atoms with Crippen LogP contribution in [-0.2, 0) is 4.79 Å². The molecule has 10 heteroatoms. The van der Waals surface area contributed by atoms with E-state index in [1.807, 2.05) is 4.90 Å². The van der Waals surface area contributed by atoms with E-state index in [9.17, 15) is 14.0 Å². The Labute approximate surface area is 166 Å². The van der Waals surface area contributed by atoms with Gasteiger partial charge in [-0.1, -0.05) is 0 Å². The number of halogens is 1. The molecular weight excluding hydrogens is 377 g/mol. The molecule has 3 heterocycles. The van der Waals surface area contributed by atoms with Crippen LogP contribution in [0.5, 0.6) is 0 Å². The van der Waals surface area contributed by atoms with Gasteiger partial charge in [-0.3, -0.25) is 9.59 Å². The van der Waals surface area contributed by atoms with Crippen molar-refractivity contribution in [1.29, 1.82) is 0 Å². The summed E-state index contributed by atoms with van der Waals surface area (Å²) in [6.45, 7) is 3.00. The van der Waals surface area contributed by atoms with Gasteiger partial charge in [0.2, 0.25) is 11.9 Å². The fraction of sp³-hybridized carbons (Fsp3) is 0.368. The third kappa shape index (κ3) is 3.65. The number of primary amides is 2. The summed E-state index contributed by atoms with van der Waals surface area (Å²) >= 11 is 0. The van der Waals surface area contributed by atoms with Gasteiger partial charge in [-0.2, -0.15) is 4.98 Å². The van der Waals surface area contributed by atoms with Gasteiger partial charge in [0.25, 0.3) is 5.91 Å². The molecule has 1 aromatic heterocycles. The Morgan fingerprint density at radius 1 is 1.14 bits per heavy atom. The lowest BCUT2D eigenvalue weighted by Gasteiger charge is -2.35. The second kappa shape index (κ2) is 7.19. The highest BCUT2D eigenvalue weighted by atomic mass is 19.1. The molecule has 0 spiro atoms. The van der Waals surface area contributed by atoms with Gasteiger partial charge in [-0.25, -0.2) is 9.37 Å². The van der Waals surface area contributed by atoms with Gasteiger partial charge in [0.1, 0.15) is 23.4 Å². The maximum Gasteiger partial charge on any atom is 0.267 e. The smallest absolute Gasteiger partial charge is 0.267 e. The molecule has 2 aromatic rings. The third-order valence-electron chi connectivity index (χ3n) is 5.41. The number of fused-ring (bicyclic) bond motifs is 2. The van der Waals surface area contributed by atoms with Crippen molar-refractivity contribution in [2.45, 2.75) is 31.5 Å². The Morgan fingerprint density at radius 3 is 2.38 bits per heavy atom. The topological polar surface area (TPSA) is 130 Å². The monoisotopic (exact) mass is 399 g/mol. The highest BCUT2D eigenvalue weighted by Crippen LogP contribution is 2.36. The van der Waals surface area contributed by atoms with Crippen molar-refractivity contribution in [2.75, 3.05) is 28.2 Å². The number of nitrogens with two attached hydrogens (primary N) is 2. The van der Waals surface area contributed by atoms with E-state index in [2.05, 4.69) is 20.2 Å². The van der Waals surface area contributed by atoms with Crippen LogP contribution >= 0.6 is 0 Å². The first-order chi connectivity index (χ1) is 13.8. The average Bonchev–Trinajstić information content (AvgIpc) is 3.29. The normalized spacial score (nSPS) is 21.3. The maximum absolute atomic E-state index is 13.2. The van der Waals surface area contributed by atoms with E-state index in [-0.39, 0.29) is 23.6 Å². The molecule has 2 bridgehead atoms. The zero-order chi connectivity index (χ0) is 20.7. The minimum atomic E-state index is -0.680. The van der Waals surface area contributed by atoms with E-state index in [1.54, 1.807) is 19.1 Å². The largest absolute Gasteiger partial charge is 0.368 e. The number of nitrogens with one attached hydrogen (secondary N) is 1. The first kappa shape index (κ1) is 18.9. The van der Waals surface area contributed by atoms with E-state index in [1.165, 1.54) is 18.2 Å². The standard InChI is InChI=1S/C19H22FN7O2/c1-10(17(21)28)23-16-7-15(18(22)29)24-19(25-16)27-9-13-6-14(27)8-26(13)12-4-2-11(20)3-5-12/h2-5,7,10,13-14H,6,8-9H2,1H3,(H2,21,28)(H2,22,29)(H,23,24,25)/t10-,13-,14-/m0/s1. The van der Waals surface area contributed by atoms with Gasteiger partial charge in [0, 0.05) is 30.9 Å². The fourth-order valence-electron chi connectivity index (χ4n) is 3.92. The molecule has 2 saturated heterocycles. The lowest BCUT2D eigenvalue weighted by molar-refractivity contribution is -0.118. The van der Waals surface area contributed by atoms with Gasteiger partial charge in [0.05, 0.1) is 6.04 Å². The lowest BCUT2D eigenvalue weighted by atomic mass is 10.2. The molecule has 4 rings (SSSR count). The van der Waals surface area contributed by atoms with Gasteiger partial charge in [-0.05, 0) is 37.6 Å². The zero-order valence-electron chi connectivity index (χ0n) is 15.9. The van der Waals surface area contributed by atoms with Crippen LogP contribution < -0.4 is 26.6 Å². The van der Waals surface area contributed by atoms with Crippen LogP contribution in [0.4, 0.5) is 21.8 Å². The Bertz CT molecular complexity index is 952. The molecule has 9 nitrogen and oxygen atoms in total. The van der Waals surface area contributed by atoms with Crippen molar-refractivity contribution in [3.8, 4) is 0 Å². The number of rotatable bonds is 6. The second-order valence-corrected chi connectivity index (χ2v) is 7.40. The average molecular weight is 399 g/mol. The zero-order valence-corrected chi connectivity index (χ0v) is 15.9. The number of carbonyl (C=O) groups is 2. The molecule has 0 unspecified atom stereocenters. The van der Waals surface area contributed by atoms with Crippen LogP contribution in [-0.4, -0.2) is 53.0 Å². The highest BCUT2D eigenvalue weighted by molar-refractivity contribution is 5.92. The quantitative estimate of drug-likeness (QED) is 0.643. The minimum Gasteiger partial charge on any atom is -0.368 e. The fourth-order valence-corrected chi connectivity index (χ4v) is 3.92. The molecule has 5 N–H and O–H groups in total. The molecule has 2 fully saturated rings. The number of hydrogen-bond acceptors (Lipinski definition) is 7. The van der Waals surface area contributed by atoms with E-state index in [0.717, 1.165) is 18.7 Å². The predicted molar refractivity (Wildman–Crippen MR) is 106 cm³/mol. The number of benzene rings is 1. The second-order valence-electron chi connectivity index (χ2n) is 7.40. The summed E-state index contributed by atoms with van der Waals surface area (Å²) < 4.78 is 13.2. The molecule has 2 amide bonds. The molecule has 152 valence electrons. The van der Waals surface area contributed by atoms with Crippen molar-refractivity contribution < 1.29 is 14.0 Å². The molecule has 29 heavy (non-hydrogen) atoms. The number of hydrogen-bond donors (Lipinski definition) is 3. The molecule has 2 aliphatic rings. The van der Waals surface area contributed by atoms with Crippen LogP contribution in [0.15, 0.2) is 30.3 Å². The Morgan fingerprint density at radius 2 is 1.79 bits per heavy atom. The minimum absolute atomic E-state index is 0.0623. The predicted octanol–water partition coefficient (Wildman–Crippen LogP) is 0.468. The Kier molecular flexibility index (Phi) is 4.69. The van der Waals surface area contributed by atoms with Crippen molar-refractivity contribution in [2.24, 2.45) is 11.5 Å². The van der Waals surface area contributed by atoms with E-state index in [0.29, 0.717) is 18.3 Å². The summed E-state index contributed by atoms with van der Waals surface area (Å²) in [7, 11) is 0. The number of anilines is 3. The summed E-state index contributed by atoms with van der Waals surface area (Å²) in [5.74, 6) is -0.789. The number of carbonyl (C=O) groups excluding carboxylic acids is 2. The molecule has 0 aliphatic carbocycles. The molecule has 2 aliphatic heterocycles. The molecule has 0 saturated carbocycles. The molecule has 1 aromatic carbocycles. The number of amides is 2. The number of nitrogens with zero attached hydrogens (tertiary/aromatic N) is 4. The number of piperazine rings is 1. The van der Waals surface area contributed by atoms with Crippen LogP contribution in [0.1, 0.15) is 23.8 Å². The molecule has 0 radical (unpaired) electrons. The maximum atomic E-state index is 13.2. The van der Waals surface area contributed by atoms with Crippen molar-refractivity contribution in [1.82, 2.24) is 9.97 Å². The van der Waals surface area contributed by atoms with E-state index in [4.69, 9.17) is 11.5 Å². The van der Waals surface area contributed by atoms with Crippen LogP contribution in [0.2, 0.25) is 0 Å². The summed E-state index contributed by atoms with van der Waals surface area (Å²) in [4.78, 5) is 36.1. The SMILES string of the molecule is C[C@H](Nc1cc(C(N)=O)nc(N2C[C@@H]3C[C@H]2CN3c2ccc(F)cc2)n1)C(N)=O. The summed E-state index contributed by atoms with van der Waals surface area (Å²) in [6, 6.07) is 7.58. The Balaban J connectivity index is 1.56. The highest BCUT2D eigenvalue weighted by Gasteiger charge is 2.44. The van der Waals surface area contributed by atoms with E-state index < -0.39 is 17.9 Å². The van der Waals surface area contributed by atoms with Crippen molar-refractivity contribution in [3.63, 3.8) is 0 Å². The molecular formula is C19H22FN7O2. The lowest BCUT2D eigenvalue weighted by Crippen LogP contribution is -2.47. The van der Waals surface area contributed by atoms with Gasteiger partial charge in [0.15, 0.2) is 0 Å². The van der Waals surface area contributed by atoms with Gasteiger partial charge < -0.3 is 26.6 Å². The Hall–Kier alpha value is -3.43. The van der Waals surface area contributed by atoms with Crippen molar-refractivity contribution in [3.05, 3.63) is 41.8 Å². The third-order valence-corrected chi connectivity index (χ3v) is 5.41. The summed E-state index contributed by atoms with van der Waals surface area (Å²) in [6.07, 6.45) is 0.905. The van der Waals surface area contributed by atoms with E-state index >= 15 is 0 Å². The van der Waals surface area contributed by atoms with Crippen LogP contribution in [0.3, 0.4) is 0 Å². The summed E-state index contributed by atoms with van der Waals surface area (Å²) in [5.41, 5.74) is 11.8. The van der Waals surface area contributed by atoms with Gasteiger partial charge >= 0.3 is 0 Å². The van der Waals surface area contributed by atoms with Crippen LogP contribution in [0.25, 0.3) is 0 Å².